The molecule has 4 rings (SSSR count). The van der Waals surface area contributed by atoms with Gasteiger partial charge in [0.25, 0.3) is 5.91 Å². The van der Waals surface area contributed by atoms with Gasteiger partial charge in [0.1, 0.15) is 5.76 Å². The third-order valence-electron chi connectivity index (χ3n) is 5.80. The molecule has 1 unspecified atom stereocenters. The van der Waals surface area contributed by atoms with Gasteiger partial charge in [0.05, 0.1) is 30.1 Å². The third-order valence-corrected chi connectivity index (χ3v) is 6.16. The van der Waals surface area contributed by atoms with Gasteiger partial charge in [-0.3, -0.25) is 14.4 Å². The lowest BCUT2D eigenvalue weighted by Crippen LogP contribution is -2.37. The maximum Gasteiger partial charge on any atom is 0.255 e. The van der Waals surface area contributed by atoms with E-state index in [2.05, 4.69) is 15.3 Å². The third kappa shape index (κ3) is 4.30. The minimum atomic E-state index is -0.105. The van der Waals surface area contributed by atoms with Gasteiger partial charge in [-0.2, -0.15) is 5.10 Å². The van der Waals surface area contributed by atoms with Crippen molar-refractivity contribution in [2.45, 2.75) is 39.3 Å². The van der Waals surface area contributed by atoms with Crippen LogP contribution < -0.4 is 5.32 Å². The number of halogens is 1. The van der Waals surface area contributed by atoms with Crippen LogP contribution in [0.1, 0.15) is 52.0 Å². The molecule has 3 heterocycles. The summed E-state index contributed by atoms with van der Waals surface area (Å²) in [6, 6.07) is 11.6. The summed E-state index contributed by atoms with van der Waals surface area (Å²) >= 11 is 6.30. The van der Waals surface area contributed by atoms with E-state index < -0.39 is 0 Å². The molecule has 1 aliphatic heterocycles. The van der Waals surface area contributed by atoms with E-state index in [9.17, 15) is 4.79 Å². The summed E-state index contributed by atoms with van der Waals surface area (Å²) in [5, 5.41) is 8.40. The summed E-state index contributed by atoms with van der Waals surface area (Å²) in [6.45, 7) is 6.87. The molecule has 30 heavy (non-hydrogen) atoms. The molecule has 0 aliphatic carbocycles. The molecule has 1 amide bonds. The Balaban J connectivity index is 1.49. The number of carbonyl (C=O) groups excluding carboxylic acids is 1. The average molecular weight is 427 g/mol. The molecular formula is C23H27ClN4O2. The quantitative estimate of drug-likeness (QED) is 0.609. The first-order chi connectivity index (χ1) is 14.5. The van der Waals surface area contributed by atoms with Crippen LogP contribution in [0, 0.1) is 13.8 Å². The highest BCUT2D eigenvalue weighted by Gasteiger charge is 2.27. The zero-order valence-corrected chi connectivity index (χ0v) is 18.2. The minimum absolute atomic E-state index is 0.0465. The van der Waals surface area contributed by atoms with Crippen molar-refractivity contribution in [1.29, 1.82) is 0 Å². The largest absolute Gasteiger partial charge is 0.468 e. The van der Waals surface area contributed by atoms with Crippen LogP contribution in [0.25, 0.3) is 0 Å². The van der Waals surface area contributed by atoms with E-state index in [1.54, 1.807) is 6.26 Å². The molecule has 0 bridgehead atoms. The Morgan fingerprint density at radius 3 is 2.67 bits per heavy atom. The van der Waals surface area contributed by atoms with Gasteiger partial charge in [-0.05, 0) is 63.5 Å². The number of hydrogen-bond donors (Lipinski definition) is 1. The minimum Gasteiger partial charge on any atom is -0.468 e. The van der Waals surface area contributed by atoms with Crippen LogP contribution >= 0.6 is 11.6 Å². The summed E-state index contributed by atoms with van der Waals surface area (Å²) in [4.78, 5) is 15.4. The van der Waals surface area contributed by atoms with Gasteiger partial charge < -0.3 is 9.73 Å². The number of nitrogens with zero attached hydrogens (tertiary/aromatic N) is 3. The Morgan fingerprint density at radius 2 is 1.97 bits per heavy atom. The number of rotatable bonds is 7. The highest BCUT2D eigenvalue weighted by atomic mass is 35.5. The Kier molecular flexibility index (Phi) is 6.25. The molecule has 1 saturated heterocycles. The van der Waals surface area contributed by atoms with Crippen molar-refractivity contribution >= 4 is 17.5 Å². The standard InChI is InChI=1S/C23H27ClN4O2/c1-16-22(17(2)28(26-16)15-18-8-3-4-9-19(18)24)23(29)25-14-20(21-10-7-13-30-21)27-11-5-6-12-27/h3-4,7-10,13,20H,5-6,11-12,14-15H2,1-2H3,(H,25,29). The molecule has 1 aromatic carbocycles. The van der Waals surface area contributed by atoms with Gasteiger partial charge in [0, 0.05) is 17.3 Å². The van der Waals surface area contributed by atoms with Gasteiger partial charge in [-0.25, -0.2) is 0 Å². The van der Waals surface area contributed by atoms with Crippen molar-refractivity contribution in [2.75, 3.05) is 19.6 Å². The van der Waals surface area contributed by atoms with E-state index in [0.717, 1.165) is 30.1 Å². The van der Waals surface area contributed by atoms with E-state index >= 15 is 0 Å². The lowest BCUT2D eigenvalue weighted by atomic mass is 10.1. The van der Waals surface area contributed by atoms with Crippen molar-refractivity contribution in [3.8, 4) is 0 Å². The number of furan rings is 1. The molecule has 0 radical (unpaired) electrons. The van der Waals surface area contributed by atoms with Crippen LogP contribution in [-0.2, 0) is 6.54 Å². The molecule has 0 saturated carbocycles. The Labute approximate surface area is 181 Å². The highest BCUT2D eigenvalue weighted by Crippen LogP contribution is 2.25. The second-order valence-electron chi connectivity index (χ2n) is 7.78. The SMILES string of the molecule is Cc1nn(Cc2ccccc2Cl)c(C)c1C(=O)NCC(c1ccco1)N1CCCC1. The van der Waals surface area contributed by atoms with Crippen molar-refractivity contribution in [1.82, 2.24) is 20.0 Å². The van der Waals surface area contributed by atoms with Crippen LogP contribution in [-0.4, -0.2) is 40.2 Å². The molecule has 158 valence electrons. The van der Waals surface area contributed by atoms with Gasteiger partial charge in [0.2, 0.25) is 0 Å². The molecule has 2 aromatic heterocycles. The maximum atomic E-state index is 13.1. The van der Waals surface area contributed by atoms with Gasteiger partial charge in [-0.15, -0.1) is 0 Å². The summed E-state index contributed by atoms with van der Waals surface area (Å²) in [5.74, 6) is 0.784. The monoisotopic (exact) mass is 426 g/mol. The number of benzene rings is 1. The van der Waals surface area contributed by atoms with Crippen molar-refractivity contribution in [2.24, 2.45) is 0 Å². The first kappa shape index (κ1) is 20.7. The smallest absolute Gasteiger partial charge is 0.255 e. The average Bonchev–Trinajstić information content (AvgIpc) is 3.48. The Bertz CT molecular complexity index is 1010. The number of nitrogens with one attached hydrogen (secondary N) is 1. The molecular weight excluding hydrogens is 400 g/mol. The van der Waals surface area contributed by atoms with Crippen molar-refractivity contribution in [3.05, 3.63) is 76.0 Å². The normalized spacial score (nSPS) is 15.4. The number of aromatic nitrogens is 2. The fourth-order valence-electron chi connectivity index (χ4n) is 4.19. The molecule has 7 heteroatoms. The number of amides is 1. The number of likely N-dealkylation sites (tertiary alicyclic amines) is 1. The van der Waals surface area contributed by atoms with E-state index in [4.69, 9.17) is 16.0 Å². The second kappa shape index (κ2) is 9.06. The summed E-state index contributed by atoms with van der Waals surface area (Å²) in [5.41, 5.74) is 3.15. The van der Waals surface area contributed by atoms with Crippen LogP contribution in [0.3, 0.4) is 0 Å². The topological polar surface area (TPSA) is 63.3 Å². The van der Waals surface area contributed by atoms with Crippen molar-refractivity contribution < 1.29 is 9.21 Å². The fraction of sp³-hybridized carbons (Fsp3) is 0.391. The molecule has 3 aromatic rings. The predicted octanol–water partition coefficient (Wildman–Crippen LogP) is 4.36. The van der Waals surface area contributed by atoms with Crippen LogP contribution in [0.5, 0.6) is 0 Å². The number of hydrogen-bond acceptors (Lipinski definition) is 4. The fourth-order valence-corrected chi connectivity index (χ4v) is 4.38. The first-order valence-electron chi connectivity index (χ1n) is 10.4. The molecule has 1 aliphatic rings. The number of carbonyl (C=O) groups is 1. The summed E-state index contributed by atoms with van der Waals surface area (Å²) in [7, 11) is 0. The van der Waals surface area contributed by atoms with E-state index in [1.165, 1.54) is 12.8 Å². The highest BCUT2D eigenvalue weighted by molar-refractivity contribution is 6.31. The van der Waals surface area contributed by atoms with Crippen LogP contribution in [0.2, 0.25) is 5.02 Å². The maximum absolute atomic E-state index is 13.1. The van der Waals surface area contributed by atoms with E-state index in [1.807, 2.05) is 54.9 Å². The lowest BCUT2D eigenvalue weighted by molar-refractivity contribution is 0.0932. The van der Waals surface area contributed by atoms with Crippen LogP contribution in [0.4, 0.5) is 0 Å². The molecule has 1 N–H and O–H groups in total. The predicted molar refractivity (Wildman–Crippen MR) is 117 cm³/mol. The van der Waals surface area contributed by atoms with Crippen LogP contribution in [0.15, 0.2) is 47.1 Å². The van der Waals surface area contributed by atoms with Gasteiger partial charge in [0.15, 0.2) is 0 Å². The molecule has 1 atom stereocenters. The molecule has 1 fully saturated rings. The molecule has 0 spiro atoms. The Hall–Kier alpha value is -2.57. The lowest BCUT2D eigenvalue weighted by Gasteiger charge is -2.26. The van der Waals surface area contributed by atoms with Crippen molar-refractivity contribution in [3.63, 3.8) is 0 Å². The van der Waals surface area contributed by atoms with Gasteiger partial charge in [-0.1, -0.05) is 29.8 Å². The summed E-state index contributed by atoms with van der Waals surface area (Å²) in [6.07, 6.45) is 4.05. The van der Waals surface area contributed by atoms with Gasteiger partial charge >= 0.3 is 0 Å². The zero-order valence-electron chi connectivity index (χ0n) is 17.4. The zero-order chi connectivity index (χ0) is 21.1. The second-order valence-corrected chi connectivity index (χ2v) is 8.19. The first-order valence-corrected chi connectivity index (χ1v) is 10.8. The molecule has 6 nitrogen and oxygen atoms in total. The van der Waals surface area contributed by atoms with E-state index in [-0.39, 0.29) is 11.9 Å². The Morgan fingerprint density at radius 1 is 1.20 bits per heavy atom. The number of aryl methyl sites for hydroxylation is 1. The van der Waals surface area contributed by atoms with E-state index in [0.29, 0.717) is 29.4 Å². The summed E-state index contributed by atoms with van der Waals surface area (Å²) < 4.78 is 7.50.